The quantitative estimate of drug-likeness (QED) is 0.508. The van der Waals surface area contributed by atoms with Crippen LogP contribution in [0.1, 0.15) is 30.1 Å². The van der Waals surface area contributed by atoms with Crippen molar-refractivity contribution in [3.05, 3.63) is 33.1 Å². The van der Waals surface area contributed by atoms with Gasteiger partial charge >= 0.3 is 0 Å². The highest BCUT2D eigenvalue weighted by atomic mass is 35.5. The van der Waals surface area contributed by atoms with Crippen molar-refractivity contribution in [3.63, 3.8) is 0 Å². The van der Waals surface area contributed by atoms with E-state index in [0.717, 1.165) is 12.3 Å². The molecule has 0 radical (unpaired) electrons. The summed E-state index contributed by atoms with van der Waals surface area (Å²) in [5.41, 5.74) is -1.04. The Hall–Kier alpha value is -1.73. The van der Waals surface area contributed by atoms with E-state index in [4.69, 9.17) is 11.6 Å². The Morgan fingerprint density at radius 2 is 2.15 bits per heavy atom. The lowest BCUT2D eigenvalue weighted by atomic mass is 9.93. The van der Waals surface area contributed by atoms with E-state index in [0.29, 0.717) is 25.9 Å². The number of carbonyl (C=O) groups excluding carboxylic acids is 1. The van der Waals surface area contributed by atoms with E-state index in [-0.39, 0.29) is 16.4 Å². The molecule has 108 valence electrons. The molecule has 1 N–H and O–H groups in total. The molecule has 1 amide bonds. The topological polar surface area (TPSA) is 96.6 Å². The normalized spacial score (nSPS) is 17.9. The van der Waals surface area contributed by atoms with Crippen LogP contribution in [0.4, 0.5) is 5.69 Å². The average Bonchev–Trinajstić information content (AvgIpc) is 2.38. The second-order valence-electron chi connectivity index (χ2n) is 5.08. The van der Waals surface area contributed by atoms with Gasteiger partial charge in [-0.05, 0) is 19.8 Å². The van der Waals surface area contributed by atoms with E-state index in [1.165, 1.54) is 4.90 Å². The minimum Gasteiger partial charge on any atom is -0.390 e. The maximum absolute atomic E-state index is 12.3. The van der Waals surface area contributed by atoms with Crippen LogP contribution in [0.3, 0.4) is 0 Å². The molecule has 0 atom stereocenters. The highest BCUT2D eigenvalue weighted by Crippen LogP contribution is 2.25. The summed E-state index contributed by atoms with van der Waals surface area (Å²) in [7, 11) is 0. The monoisotopic (exact) mass is 299 g/mol. The molecule has 2 heterocycles. The summed E-state index contributed by atoms with van der Waals surface area (Å²) in [6.07, 6.45) is 1.93. The number of nitro groups is 1. The molecule has 0 bridgehead atoms. The highest BCUT2D eigenvalue weighted by molar-refractivity contribution is 6.32. The summed E-state index contributed by atoms with van der Waals surface area (Å²) in [5, 5.41) is 20.5. The van der Waals surface area contributed by atoms with Crippen molar-refractivity contribution in [1.82, 2.24) is 9.88 Å². The van der Waals surface area contributed by atoms with Gasteiger partial charge in [0.25, 0.3) is 11.6 Å². The third-order valence-corrected chi connectivity index (χ3v) is 3.69. The van der Waals surface area contributed by atoms with Crippen molar-refractivity contribution in [3.8, 4) is 0 Å². The van der Waals surface area contributed by atoms with Crippen LogP contribution in [-0.4, -0.2) is 44.5 Å². The minimum atomic E-state index is -0.776. The van der Waals surface area contributed by atoms with Gasteiger partial charge in [-0.2, -0.15) is 0 Å². The van der Waals surface area contributed by atoms with Crippen molar-refractivity contribution in [2.75, 3.05) is 13.1 Å². The van der Waals surface area contributed by atoms with E-state index >= 15 is 0 Å². The third kappa shape index (κ3) is 3.05. The molecule has 0 aliphatic carbocycles. The van der Waals surface area contributed by atoms with Crippen LogP contribution in [-0.2, 0) is 0 Å². The van der Waals surface area contributed by atoms with Gasteiger partial charge in [0.2, 0.25) is 0 Å². The Labute approximate surface area is 120 Å². The molecule has 0 saturated carbocycles. The second-order valence-corrected chi connectivity index (χ2v) is 5.44. The first-order valence-electron chi connectivity index (χ1n) is 6.12. The van der Waals surface area contributed by atoms with Crippen LogP contribution in [0.2, 0.25) is 5.15 Å². The molecular formula is C12H14ClN3O4. The standard InChI is InChI=1S/C12H14ClN3O4/c1-12(18)2-4-15(5-3-12)11(17)9-6-8(16(19)20)7-14-10(9)13/h6-7,18H,2-5H2,1H3. The van der Waals surface area contributed by atoms with Crippen LogP contribution >= 0.6 is 11.6 Å². The number of nitrogens with zero attached hydrogens (tertiary/aromatic N) is 3. The molecule has 1 aromatic heterocycles. The molecule has 1 fully saturated rings. The van der Waals surface area contributed by atoms with Gasteiger partial charge in [-0.15, -0.1) is 0 Å². The molecular weight excluding hydrogens is 286 g/mol. The molecule has 8 heteroatoms. The molecule has 20 heavy (non-hydrogen) atoms. The molecule has 0 aromatic carbocycles. The lowest BCUT2D eigenvalue weighted by molar-refractivity contribution is -0.385. The number of likely N-dealkylation sites (tertiary alicyclic amines) is 1. The fourth-order valence-electron chi connectivity index (χ4n) is 2.05. The summed E-state index contributed by atoms with van der Waals surface area (Å²) < 4.78 is 0. The molecule has 1 aromatic rings. The number of rotatable bonds is 2. The number of hydrogen-bond donors (Lipinski definition) is 1. The maximum atomic E-state index is 12.3. The Balaban J connectivity index is 2.21. The molecule has 7 nitrogen and oxygen atoms in total. The number of aromatic nitrogens is 1. The van der Waals surface area contributed by atoms with Gasteiger partial charge in [-0.1, -0.05) is 11.6 Å². The van der Waals surface area contributed by atoms with Gasteiger partial charge in [0.05, 0.1) is 16.1 Å². The zero-order valence-corrected chi connectivity index (χ0v) is 11.6. The number of carbonyl (C=O) groups is 1. The fraction of sp³-hybridized carbons (Fsp3) is 0.500. The minimum absolute atomic E-state index is 0.0161. The third-order valence-electron chi connectivity index (χ3n) is 3.39. The number of hydrogen-bond acceptors (Lipinski definition) is 5. The summed E-state index contributed by atoms with van der Waals surface area (Å²) in [4.78, 5) is 27.6. The van der Waals surface area contributed by atoms with Gasteiger partial charge in [0.1, 0.15) is 11.3 Å². The number of pyridine rings is 1. The van der Waals surface area contributed by atoms with E-state index in [1.807, 2.05) is 0 Å². The smallest absolute Gasteiger partial charge is 0.288 e. The SMILES string of the molecule is CC1(O)CCN(C(=O)c2cc([N+](=O)[O-])cnc2Cl)CC1. The van der Waals surface area contributed by atoms with Crippen LogP contribution in [0.15, 0.2) is 12.3 Å². The van der Waals surface area contributed by atoms with E-state index in [9.17, 15) is 20.0 Å². The number of amides is 1. The Kier molecular flexibility index (Phi) is 3.92. The summed E-state index contributed by atoms with van der Waals surface area (Å²) in [6.45, 7) is 2.48. The van der Waals surface area contributed by atoms with E-state index in [2.05, 4.69) is 4.98 Å². The Morgan fingerprint density at radius 3 is 2.70 bits per heavy atom. The van der Waals surface area contributed by atoms with Gasteiger partial charge in [-0.3, -0.25) is 14.9 Å². The zero-order chi connectivity index (χ0) is 14.9. The van der Waals surface area contributed by atoms with Crippen LogP contribution in [0, 0.1) is 10.1 Å². The van der Waals surface area contributed by atoms with Crippen molar-refractivity contribution >= 4 is 23.2 Å². The van der Waals surface area contributed by atoms with E-state index in [1.54, 1.807) is 6.92 Å². The lowest BCUT2D eigenvalue weighted by Gasteiger charge is -2.35. The van der Waals surface area contributed by atoms with Gasteiger partial charge in [0.15, 0.2) is 0 Å². The predicted octanol–water partition coefficient (Wildman–Crippen LogP) is 1.63. The van der Waals surface area contributed by atoms with Gasteiger partial charge < -0.3 is 10.0 Å². The Morgan fingerprint density at radius 1 is 1.55 bits per heavy atom. The zero-order valence-electron chi connectivity index (χ0n) is 10.9. The molecule has 1 aliphatic heterocycles. The molecule has 1 aliphatic rings. The van der Waals surface area contributed by atoms with Gasteiger partial charge in [0, 0.05) is 19.2 Å². The van der Waals surface area contributed by atoms with Crippen LogP contribution in [0.25, 0.3) is 0 Å². The largest absolute Gasteiger partial charge is 0.390 e. The lowest BCUT2D eigenvalue weighted by Crippen LogP contribution is -2.45. The molecule has 2 rings (SSSR count). The first kappa shape index (κ1) is 14.7. The fourth-order valence-corrected chi connectivity index (χ4v) is 2.23. The number of aliphatic hydroxyl groups is 1. The first-order chi connectivity index (χ1) is 9.30. The summed E-state index contributed by atoms with van der Waals surface area (Å²) >= 11 is 5.84. The summed E-state index contributed by atoms with van der Waals surface area (Å²) in [6, 6.07) is 1.13. The molecule has 1 saturated heterocycles. The van der Waals surface area contributed by atoms with E-state index < -0.39 is 16.4 Å². The predicted molar refractivity (Wildman–Crippen MR) is 71.7 cm³/mol. The van der Waals surface area contributed by atoms with Crippen LogP contribution in [0.5, 0.6) is 0 Å². The first-order valence-corrected chi connectivity index (χ1v) is 6.49. The Bertz CT molecular complexity index is 552. The molecule has 0 unspecified atom stereocenters. The van der Waals surface area contributed by atoms with Crippen molar-refractivity contribution in [2.45, 2.75) is 25.4 Å². The summed E-state index contributed by atoms with van der Waals surface area (Å²) in [5.74, 6) is -0.401. The van der Waals surface area contributed by atoms with Gasteiger partial charge in [-0.25, -0.2) is 4.98 Å². The maximum Gasteiger partial charge on any atom is 0.288 e. The number of halogens is 1. The van der Waals surface area contributed by atoms with Crippen LogP contribution < -0.4 is 0 Å². The van der Waals surface area contributed by atoms with Crippen molar-refractivity contribution in [2.24, 2.45) is 0 Å². The molecule has 0 spiro atoms. The highest BCUT2D eigenvalue weighted by Gasteiger charge is 2.31. The van der Waals surface area contributed by atoms with Crippen molar-refractivity contribution < 1.29 is 14.8 Å². The average molecular weight is 300 g/mol. The second kappa shape index (κ2) is 5.34. The van der Waals surface area contributed by atoms with Crippen molar-refractivity contribution in [1.29, 1.82) is 0 Å². The number of piperidine rings is 1.